The standard InChI is InChI=1S/C10H10N2.C6H8O7/c11-12-10-7-3-5-8-4-1-2-6-9(8)10;7-3(8)1-6(13,5(11)12)2-4(9)10/h1-7,12H,11H2;13H,1-2H2,(H,7,8)(H,9,10)(H,11,12). The number of fused-ring (bicyclic) bond motifs is 1. The average Bonchev–Trinajstić information content (AvgIpc) is 2.53. The maximum atomic E-state index is 10.3. The third kappa shape index (κ3) is 5.75. The molecule has 0 bridgehead atoms. The molecule has 0 aliphatic rings. The number of carboxylic acids is 3. The summed E-state index contributed by atoms with van der Waals surface area (Å²) >= 11 is 0. The van der Waals surface area contributed by atoms with E-state index in [1.54, 1.807) is 0 Å². The van der Waals surface area contributed by atoms with Gasteiger partial charge in [-0.25, -0.2) is 4.79 Å². The summed E-state index contributed by atoms with van der Waals surface area (Å²) in [4.78, 5) is 30.5. The molecule has 25 heavy (non-hydrogen) atoms. The number of aliphatic carboxylic acids is 3. The number of carbonyl (C=O) groups is 3. The van der Waals surface area contributed by atoms with E-state index >= 15 is 0 Å². The molecule has 0 heterocycles. The fourth-order valence-electron chi connectivity index (χ4n) is 2.07. The number of hydrogen-bond acceptors (Lipinski definition) is 6. The second-order valence-electron chi connectivity index (χ2n) is 5.15. The van der Waals surface area contributed by atoms with Gasteiger partial charge >= 0.3 is 17.9 Å². The van der Waals surface area contributed by atoms with E-state index in [2.05, 4.69) is 17.6 Å². The number of nitrogen functional groups attached to an aromatic ring is 1. The molecule has 9 heteroatoms. The monoisotopic (exact) mass is 350 g/mol. The third-order valence-electron chi connectivity index (χ3n) is 3.23. The number of carboxylic acid groups (broad SMARTS) is 3. The molecule has 0 amide bonds. The van der Waals surface area contributed by atoms with Crippen LogP contribution in [-0.2, 0) is 14.4 Å². The van der Waals surface area contributed by atoms with Gasteiger partial charge in [0.2, 0.25) is 0 Å². The molecule has 0 fully saturated rings. The van der Waals surface area contributed by atoms with E-state index in [4.69, 9.17) is 26.3 Å². The molecule has 0 atom stereocenters. The molecule has 0 aliphatic carbocycles. The fourth-order valence-corrected chi connectivity index (χ4v) is 2.07. The zero-order valence-electron chi connectivity index (χ0n) is 13.0. The first kappa shape index (κ1) is 19.9. The van der Waals surface area contributed by atoms with E-state index in [0.29, 0.717) is 0 Å². The van der Waals surface area contributed by atoms with Crippen LogP contribution in [0.25, 0.3) is 10.8 Å². The first-order chi connectivity index (χ1) is 11.7. The maximum Gasteiger partial charge on any atom is 0.336 e. The molecule has 2 rings (SSSR count). The number of hydrazine groups is 1. The first-order valence-corrected chi connectivity index (χ1v) is 7.03. The molecule has 0 aliphatic heterocycles. The molecule has 7 N–H and O–H groups in total. The summed E-state index contributed by atoms with van der Waals surface area (Å²) in [5.74, 6) is 0.347. The predicted molar refractivity (Wildman–Crippen MR) is 88.8 cm³/mol. The van der Waals surface area contributed by atoms with Crippen LogP contribution >= 0.6 is 0 Å². The Bertz CT molecular complexity index is 755. The van der Waals surface area contributed by atoms with Crippen molar-refractivity contribution in [1.29, 1.82) is 0 Å². The smallest absolute Gasteiger partial charge is 0.336 e. The predicted octanol–water partition coefficient (Wildman–Crippen LogP) is 0.877. The lowest BCUT2D eigenvalue weighted by atomic mass is 9.96. The molecule has 0 radical (unpaired) electrons. The molecule has 0 saturated carbocycles. The van der Waals surface area contributed by atoms with Crippen LogP contribution in [0.4, 0.5) is 5.69 Å². The number of hydrogen-bond donors (Lipinski definition) is 6. The van der Waals surface area contributed by atoms with E-state index in [-0.39, 0.29) is 0 Å². The fraction of sp³-hybridized carbons (Fsp3) is 0.188. The van der Waals surface area contributed by atoms with Gasteiger partial charge in [0.1, 0.15) is 0 Å². The molecule has 134 valence electrons. The lowest BCUT2D eigenvalue weighted by Gasteiger charge is -2.18. The van der Waals surface area contributed by atoms with Gasteiger partial charge in [-0.05, 0) is 11.5 Å². The van der Waals surface area contributed by atoms with Crippen LogP contribution in [0.5, 0.6) is 0 Å². The van der Waals surface area contributed by atoms with Crippen molar-refractivity contribution in [2.75, 3.05) is 5.43 Å². The van der Waals surface area contributed by atoms with Crippen molar-refractivity contribution < 1.29 is 34.8 Å². The zero-order chi connectivity index (χ0) is 19.0. The SMILES string of the molecule is NNc1cccc2ccccc12.O=C(O)CC(O)(CC(=O)O)C(=O)O. The van der Waals surface area contributed by atoms with Gasteiger partial charge in [-0.2, -0.15) is 0 Å². The zero-order valence-corrected chi connectivity index (χ0v) is 13.0. The van der Waals surface area contributed by atoms with Crippen molar-refractivity contribution >= 4 is 34.4 Å². The summed E-state index contributed by atoms with van der Waals surface area (Å²) in [6, 6.07) is 14.1. The van der Waals surface area contributed by atoms with Gasteiger partial charge in [0.25, 0.3) is 0 Å². The molecular formula is C16H18N2O7. The van der Waals surface area contributed by atoms with Crippen LogP contribution in [0.1, 0.15) is 12.8 Å². The molecule has 0 aromatic heterocycles. The Morgan fingerprint density at radius 2 is 1.44 bits per heavy atom. The van der Waals surface area contributed by atoms with Crippen molar-refractivity contribution in [3.63, 3.8) is 0 Å². The van der Waals surface area contributed by atoms with E-state index in [1.807, 2.05) is 30.3 Å². The van der Waals surface area contributed by atoms with Crippen molar-refractivity contribution in [2.45, 2.75) is 18.4 Å². The molecule has 2 aromatic rings. The molecule has 9 nitrogen and oxygen atoms in total. The van der Waals surface area contributed by atoms with Gasteiger partial charge in [-0.1, -0.05) is 36.4 Å². The van der Waals surface area contributed by atoms with Gasteiger partial charge in [0.05, 0.1) is 18.5 Å². The van der Waals surface area contributed by atoms with E-state index in [0.717, 1.165) is 11.1 Å². The summed E-state index contributed by atoms with van der Waals surface area (Å²) in [5.41, 5.74) is 0.897. The second kappa shape index (κ2) is 8.62. The van der Waals surface area contributed by atoms with Crippen LogP contribution < -0.4 is 11.3 Å². The summed E-state index contributed by atoms with van der Waals surface area (Å²) in [5, 5.41) is 36.2. The van der Waals surface area contributed by atoms with Crippen molar-refractivity contribution in [3.8, 4) is 0 Å². The Morgan fingerprint density at radius 1 is 0.920 bits per heavy atom. The normalized spacial score (nSPS) is 10.5. The Kier molecular flexibility index (Phi) is 6.85. The number of benzene rings is 2. The Morgan fingerprint density at radius 3 is 1.92 bits per heavy atom. The van der Waals surface area contributed by atoms with E-state index < -0.39 is 36.4 Å². The summed E-state index contributed by atoms with van der Waals surface area (Å²) < 4.78 is 0. The van der Waals surface area contributed by atoms with E-state index in [1.165, 1.54) is 5.39 Å². The van der Waals surface area contributed by atoms with Crippen LogP contribution in [0.15, 0.2) is 42.5 Å². The maximum absolute atomic E-state index is 10.3. The molecule has 0 spiro atoms. The van der Waals surface area contributed by atoms with Gasteiger partial charge in [-0.3, -0.25) is 15.4 Å². The minimum absolute atomic E-state index is 0.966. The molecule has 0 unspecified atom stereocenters. The highest BCUT2D eigenvalue weighted by Gasteiger charge is 2.40. The van der Waals surface area contributed by atoms with Gasteiger partial charge in [-0.15, -0.1) is 0 Å². The van der Waals surface area contributed by atoms with Gasteiger partial charge in [0, 0.05) is 5.39 Å². The Hall–Kier alpha value is -3.17. The first-order valence-electron chi connectivity index (χ1n) is 7.03. The number of nitrogens with one attached hydrogen (secondary N) is 1. The topological polar surface area (TPSA) is 170 Å². The Labute approximate surface area is 142 Å². The summed E-state index contributed by atoms with van der Waals surface area (Å²) in [7, 11) is 0. The highest BCUT2D eigenvalue weighted by atomic mass is 16.4. The van der Waals surface area contributed by atoms with Crippen LogP contribution in [-0.4, -0.2) is 43.9 Å². The minimum atomic E-state index is -2.74. The lowest BCUT2D eigenvalue weighted by molar-refractivity contribution is -0.170. The second-order valence-corrected chi connectivity index (χ2v) is 5.15. The van der Waals surface area contributed by atoms with Gasteiger partial charge < -0.3 is 25.9 Å². The van der Waals surface area contributed by atoms with Crippen molar-refractivity contribution in [1.82, 2.24) is 0 Å². The van der Waals surface area contributed by atoms with Gasteiger partial charge in [0.15, 0.2) is 5.60 Å². The molecular weight excluding hydrogens is 332 g/mol. The van der Waals surface area contributed by atoms with Crippen LogP contribution in [0, 0.1) is 0 Å². The Balaban J connectivity index is 0.000000250. The summed E-state index contributed by atoms with van der Waals surface area (Å²) in [6.45, 7) is 0. The van der Waals surface area contributed by atoms with Crippen LogP contribution in [0.2, 0.25) is 0 Å². The number of rotatable bonds is 6. The average molecular weight is 350 g/mol. The number of nitrogens with two attached hydrogens (primary N) is 1. The van der Waals surface area contributed by atoms with Crippen LogP contribution in [0.3, 0.4) is 0 Å². The minimum Gasteiger partial charge on any atom is -0.481 e. The molecule has 0 saturated heterocycles. The van der Waals surface area contributed by atoms with E-state index in [9.17, 15) is 14.4 Å². The lowest BCUT2D eigenvalue weighted by Crippen LogP contribution is -2.42. The highest BCUT2D eigenvalue weighted by Crippen LogP contribution is 2.21. The number of aliphatic hydroxyl groups is 1. The third-order valence-corrected chi connectivity index (χ3v) is 3.23. The van der Waals surface area contributed by atoms with Crippen molar-refractivity contribution in [2.24, 2.45) is 5.84 Å². The molecule has 2 aromatic carbocycles. The highest BCUT2D eigenvalue weighted by molar-refractivity contribution is 5.93. The largest absolute Gasteiger partial charge is 0.481 e. The summed E-state index contributed by atoms with van der Waals surface area (Å²) in [6.07, 6.45) is -2.29. The number of anilines is 1. The quantitative estimate of drug-likeness (QED) is 0.327. The van der Waals surface area contributed by atoms with Crippen molar-refractivity contribution in [3.05, 3.63) is 42.5 Å².